The van der Waals surface area contributed by atoms with Gasteiger partial charge in [-0.25, -0.2) is 4.98 Å². The zero-order valence-corrected chi connectivity index (χ0v) is 14.7. The highest BCUT2D eigenvalue weighted by Gasteiger charge is 2.26. The minimum Gasteiger partial charge on any atom is -0.375 e. The molecule has 1 saturated heterocycles. The molecule has 1 aromatic carbocycles. The Labute approximate surface area is 141 Å². The van der Waals surface area contributed by atoms with Gasteiger partial charge in [0.05, 0.1) is 18.4 Å². The molecule has 3 rings (SSSR count). The van der Waals surface area contributed by atoms with Crippen LogP contribution in [0.4, 0.5) is 0 Å². The van der Waals surface area contributed by atoms with Crippen LogP contribution in [-0.4, -0.2) is 41.6 Å². The SMILES string of the molecule is CCc1ccc(-c2nc(C)c(C(=O)N3CCO[C@@H](C)C3)s2)cc1. The van der Waals surface area contributed by atoms with Gasteiger partial charge in [-0.2, -0.15) is 0 Å². The van der Waals surface area contributed by atoms with E-state index in [4.69, 9.17) is 4.74 Å². The molecular weight excluding hydrogens is 308 g/mol. The number of hydrogen-bond donors (Lipinski definition) is 0. The maximum absolute atomic E-state index is 12.8. The highest BCUT2D eigenvalue weighted by molar-refractivity contribution is 7.17. The molecule has 2 heterocycles. The number of rotatable bonds is 3. The smallest absolute Gasteiger partial charge is 0.266 e. The van der Waals surface area contributed by atoms with Gasteiger partial charge < -0.3 is 9.64 Å². The van der Waals surface area contributed by atoms with Crippen molar-refractivity contribution in [2.45, 2.75) is 33.3 Å². The Balaban J connectivity index is 1.83. The maximum atomic E-state index is 12.8. The summed E-state index contributed by atoms with van der Waals surface area (Å²) >= 11 is 1.49. The molecule has 0 saturated carbocycles. The van der Waals surface area contributed by atoms with E-state index < -0.39 is 0 Å². The molecule has 2 aromatic rings. The highest BCUT2D eigenvalue weighted by Crippen LogP contribution is 2.29. The first-order valence-corrected chi connectivity index (χ1v) is 8.87. The predicted octanol–water partition coefficient (Wildman–Crippen LogP) is 3.54. The molecule has 0 spiro atoms. The van der Waals surface area contributed by atoms with Crippen molar-refractivity contribution >= 4 is 17.2 Å². The number of carbonyl (C=O) groups is 1. The Morgan fingerprint density at radius 1 is 1.39 bits per heavy atom. The molecule has 1 aliphatic rings. The summed E-state index contributed by atoms with van der Waals surface area (Å²) in [6.45, 7) is 7.97. The summed E-state index contributed by atoms with van der Waals surface area (Å²) in [5, 5.41) is 0.912. The van der Waals surface area contributed by atoms with Crippen LogP contribution >= 0.6 is 11.3 Å². The molecule has 23 heavy (non-hydrogen) atoms. The Morgan fingerprint density at radius 2 is 2.13 bits per heavy atom. The van der Waals surface area contributed by atoms with Crippen LogP contribution in [0.3, 0.4) is 0 Å². The van der Waals surface area contributed by atoms with E-state index in [1.165, 1.54) is 16.9 Å². The summed E-state index contributed by atoms with van der Waals surface area (Å²) < 4.78 is 5.51. The van der Waals surface area contributed by atoms with Gasteiger partial charge >= 0.3 is 0 Å². The van der Waals surface area contributed by atoms with Crippen LogP contribution in [0.5, 0.6) is 0 Å². The quantitative estimate of drug-likeness (QED) is 0.864. The minimum atomic E-state index is 0.0755. The van der Waals surface area contributed by atoms with E-state index in [-0.39, 0.29) is 12.0 Å². The van der Waals surface area contributed by atoms with E-state index in [2.05, 4.69) is 36.2 Å². The van der Waals surface area contributed by atoms with Crippen LogP contribution < -0.4 is 0 Å². The van der Waals surface area contributed by atoms with Gasteiger partial charge in [0, 0.05) is 18.7 Å². The van der Waals surface area contributed by atoms with E-state index in [0.717, 1.165) is 27.6 Å². The zero-order valence-electron chi connectivity index (χ0n) is 13.8. The molecule has 1 amide bonds. The Morgan fingerprint density at radius 3 is 2.78 bits per heavy atom. The largest absolute Gasteiger partial charge is 0.375 e. The number of hydrogen-bond acceptors (Lipinski definition) is 4. The summed E-state index contributed by atoms with van der Waals surface area (Å²) in [4.78, 5) is 20.0. The first-order chi connectivity index (χ1) is 11.1. The van der Waals surface area contributed by atoms with Crippen molar-refractivity contribution in [1.82, 2.24) is 9.88 Å². The average molecular weight is 330 g/mol. The van der Waals surface area contributed by atoms with Crippen LogP contribution in [0.2, 0.25) is 0 Å². The first-order valence-electron chi connectivity index (χ1n) is 8.06. The number of aryl methyl sites for hydroxylation is 2. The van der Waals surface area contributed by atoms with E-state index in [1.54, 1.807) is 0 Å². The molecule has 4 nitrogen and oxygen atoms in total. The van der Waals surface area contributed by atoms with Crippen LogP contribution in [0.15, 0.2) is 24.3 Å². The molecule has 1 aliphatic heterocycles. The second-order valence-electron chi connectivity index (χ2n) is 5.92. The highest BCUT2D eigenvalue weighted by atomic mass is 32.1. The van der Waals surface area contributed by atoms with Crippen molar-refractivity contribution in [1.29, 1.82) is 0 Å². The van der Waals surface area contributed by atoms with Crippen LogP contribution in [0, 0.1) is 6.92 Å². The number of ether oxygens (including phenoxy) is 1. The van der Waals surface area contributed by atoms with Crippen LogP contribution in [-0.2, 0) is 11.2 Å². The van der Waals surface area contributed by atoms with Crippen molar-refractivity contribution in [2.24, 2.45) is 0 Å². The third kappa shape index (κ3) is 3.46. The van der Waals surface area contributed by atoms with Gasteiger partial charge in [0.25, 0.3) is 5.91 Å². The molecular formula is C18H22N2O2S. The molecule has 0 radical (unpaired) electrons. The Hall–Kier alpha value is -1.72. The van der Waals surface area contributed by atoms with Gasteiger partial charge in [-0.1, -0.05) is 31.2 Å². The molecule has 1 fully saturated rings. The third-order valence-electron chi connectivity index (χ3n) is 4.13. The predicted molar refractivity (Wildman–Crippen MR) is 93.0 cm³/mol. The zero-order chi connectivity index (χ0) is 16.4. The second-order valence-corrected chi connectivity index (χ2v) is 6.92. The number of benzene rings is 1. The molecule has 0 unspecified atom stereocenters. The summed E-state index contributed by atoms with van der Waals surface area (Å²) in [7, 11) is 0. The van der Waals surface area contributed by atoms with Crippen molar-refractivity contribution in [3.63, 3.8) is 0 Å². The summed E-state index contributed by atoms with van der Waals surface area (Å²) in [6.07, 6.45) is 1.12. The fourth-order valence-electron chi connectivity index (χ4n) is 2.75. The lowest BCUT2D eigenvalue weighted by Crippen LogP contribution is -2.44. The summed E-state index contributed by atoms with van der Waals surface area (Å²) in [5.74, 6) is 0.0755. The van der Waals surface area contributed by atoms with Gasteiger partial charge in [0.1, 0.15) is 9.88 Å². The Kier molecular flexibility index (Phi) is 4.78. The van der Waals surface area contributed by atoms with E-state index >= 15 is 0 Å². The molecule has 0 aliphatic carbocycles. The molecule has 1 atom stereocenters. The maximum Gasteiger partial charge on any atom is 0.266 e. The number of aromatic nitrogens is 1. The van der Waals surface area contributed by atoms with Crippen molar-refractivity contribution in [2.75, 3.05) is 19.7 Å². The third-order valence-corrected chi connectivity index (χ3v) is 5.32. The van der Waals surface area contributed by atoms with E-state index in [9.17, 15) is 4.79 Å². The van der Waals surface area contributed by atoms with Crippen LogP contribution in [0.25, 0.3) is 10.6 Å². The van der Waals surface area contributed by atoms with Crippen molar-refractivity contribution in [3.8, 4) is 10.6 Å². The van der Waals surface area contributed by atoms with Gasteiger partial charge in [-0.15, -0.1) is 11.3 Å². The normalized spacial score (nSPS) is 18.2. The number of amides is 1. The molecule has 0 N–H and O–H groups in total. The number of morpholine rings is 1. The minimum absolute atomic E-state index is 0.0755. The van der Waals surface area contributed by atoms with E-state index in [0.29, 0.717) is 19.7 Å². The number of carbonyl (C=O) groups excluding carboxylic acids is 1. The van der Waals surface area contributed by atoms with Gasteiger partial charge in [-0.3, -0.25) is 4.79 Å². The second kappa shape index (κ2) is 6.81. The summed E-state index contributed by atoms with van der Waals surface area (Å²) in [6, 6.07) is 8.42. The van der Waals surface area contributed by atoms with Gasteiger partial charge in [-0.05, 0) is 25.8 Å². The first kappa shape index (κ1) is 16.1. The molecule has 122 valence electrons. The average Bonchev–Trinajstić information content (AvgIpc) is 2.96. The van der Waals surface area contributed by atoms with Gasteiger partial charge in [0.15, 0.2) is 0 Å². The molecule has 0 bridgehead atoms. The fourth-order valence-corrected chi connectivity index (χ4v) is 3.79. The topological polar surface area (TPSA) is 42.4 Å². The number of nitrogens with zero attached hydrogens (tertiary/aromatic N) is 2. The standard InChI is InChI=1S/C18H22N2O2S/c1-4-14-5-7-15(8-6-14)17-19-13(3)16(23-17)18(21)20-9-10-22-12(2)11-20/h5-8,12H,4,9-11H2,1-3H3/t12-/m0/s1. The monoisotopic (exact) mass is 330 g/mol. The lowest BCUT2D eigenvalue weighted by Gasteiger charge is -2.30. The molecule has 1 aromatic heterocycles. The summed E-state index contributed by atoms with van der Waals surface area (Å²) in [5.41, 5.74) is 3.19. The number of thiazole rings is 1. The van der Waals surface area contributed by atoms with E-state index in [1.807, 2.05) is 18.7 Å². The Bertz CT molecular complexity index is 694. The molecule has 5 heteroatoms. The lowest BCUT2D eigenvalue weighted by molar-refractivity contribution is -0.0122. The lowest BCUT2D eigenvalue weighted by atomic mass is 10.1. The van der Waals surface area contributed by atoms with Crippen LogP contribution in [0.1, 0.15) is 34.8 Å². The van der Waals surface area contributed by atoms with Gasteiger partial charge in [0.2, 0.25) is 0 Å². The van der Waals surface area contributed by atoms with Crippen molar-refractivity contribution < 1.29 is 9.53 Å². The van der Waals surface area contributed by atoms with Crippen molar-refractivity contribution in [3.05, 3.63) is 40.4 Å². The fraction of sp³-hybridized carbons (Fsp3) is 0.444.